The van der Waals surface area contributed by atoms with Crippen molar-refractivity contribution in [3.05, 3.63) is 17.5 Å². The number of rotatable bonds is 4. The lowest BCUT2D eigenvalue weighted by atomic mass is 9.83. The van der Waals surface area contributed by atoms with Gasteiger partial charge in [-0.05, 0) is 26.2 Å². The summed E-state index contributed by atoms with van der Waals surface area (Å²) >= 11 is 0. The number of aryl methyl sites for hydroxylation is 1. The predicted octanol–water partition coefficient (Wildman–Crippen LogP) is 0.987. The number of hydrogen-bond donors (Lipinski definition) is 0. The number of carbonyl (C=O) groups excluding carboxylic acids is 2. The average Bonchev–Trinajstić information content (AvgIpc) is 2.99. The lowest BCUT2D eigenvalue weighted by Gasteiger charge is -2.46. The summed E-state index contributed by atoms with van der Waals surface area (Å²) in [6, 6.07) is 0. The first kappa shape index (κ1) is 19.8. The SMILES string of the molecule is Cc1c(C(=O)N2CCC3(CC2)CC(OCC(=O)N(C)C)CCO3)cnn1C. The van der Waals surface area contributed by atoms with Crippen LogP contribution < -0.4 is 0 Å². The third-order valence-electron chi connectivity index (χ3n) is 5.82. The molecule has 0 aliphatic carbocycles. The largest absolute Gasteiger partial charge is 0.375 e. The highest BCUT2D eigenvalue weighted by molar-refractivity contribution is 5.95. The normalized spacial score (nSPS) is 22.1. The van der Waals surface area contributed by atoms with Crippen LogP contribution in [0.2, 0.25) is 0 Å². The second-order valence-electron chi connectivity index (χ2n) is 7.80. The topological polar surface area (TPSA) is 76.9 Å². The van der Waals surface area contributed by atoms with E-state index < -0.39 is 0 Å². The van der Waals surface area contributed by atoms with Crippen LogP contribution in [0.3, 0.4) is 0 Å². The van der Waals surface area contributed by atoms with Gasteiger partial charge in [-0.1, -0.05) is 0 Å². The fourth-order valence-electron chi connectivity index (χ4n) is 3.79. The zero-order valence-electron chi connectivity index (χ0n) is 16.7. The molecule has 1 spiro atoms. The van der Waals surface area contributed by atoms with Gasteiger partial charge in [0.05, 0.1) is 23.5 Å². The molecule has 1 unspecified atom stereocenters. The molecule has 3 heterocycles. The molecule has 1 aromatic rings. The van der Waals surface area contributed by atoms with Crippen molar-refractivity contribution in [3.63, 3.8) is 0 Å². The van der Waals surface area contributed by atoms with Gasteiger partial charge < -0.3 is 19.3 Å². The van der Waals surface area contributed by atoms with E-state index in [0.29, 0.717) is 25.3 Å². The van der Waals surface area contributed by atoms with Crippen LogP contribution in [0.1, 0.15) is 41.7 Å². The van der Waals surface area contributed by atoms with Gasteiger partial charge in [-0.2, -0.15) is 5.10 Å². The Bertz CT molecular complexity index is 692. The van der Waals surface area contributed by atoms with E-state index in [1.54, 1.807) is 29.9 Å². The van der Waals surface area contributed by atoms with Crippen LogP contribution in [0, 0.1) is 6.92 Å². The highest BCUT2D eigenvalue weighted by Gasteiger charge is 2.42. The number of carbonyl (C=O) groups is 2. The molecule has 3 rings (SSSR count). The minimum absolute atomic E-state index is 0.0252. The Morgan fingerprint density at radius 1 is 1.37 bits per heavy atom. The summed E-state index contributed by atoms with van der Waals surface area (Å²) in [5.74, 6) is 0.0124. The van der Waals surface area contributed by atoms with E-state index >= 15 is 0 Å². The molecule has 8 nitrogen and oxygen atoms in total. The molecular formula is C19H30N4O4. The van der Waals surface area contributed by atoms with Crippen molar-refractivity contribution >= 4 is 11.8 Å². The van der Waals surface area contributed by atoms with Crippen molar-refractivity contribution in [2.45, 2.75) is 44.3 Å². The van der Waals surface area contributed by atoms with Crippen LogP contribution in [0.4, 0.5) is 0 Å². The molecule has 2 aliphatic rings. The Balaban J connectivity index is 1.55. The minimum Gasteiger partial charge on any atom is -0.375 e. The van der Waals surface area contributed by atoms with E-state index in [-0.39, 0.29) is 30.1 Å². The molecule has 27 heavy (non-hydrogen) atoms. The number of aromatic nitrogens is 2. The minimum atomic E-state index is -0.245. The third-order valence-corrected chi connectivity index (χ3v) is 5.82. The van der Waals surface area contributed by atoms with Gasteiger partial charge in [0.2, 0.25) is 5.91 Å². The number of amides is 2. The van der Waals surface area contributed by atoms with Crippen molar-refractivity contribution in [2.75, 3.05) is 40.4 Å². The van der Waals surface area contributed by atoms with Gasteiger partial charge in [0.15, 0.2) is 0 Å². The maximum Gasteiger partial charge on any atom is 0.257 e. The lowest BCUT2D eigenvalue weighted by Crippen LogP contribution is -2.52. The molecular weight excluding hydrogens is 348 g/mol. The summed E-state index contributed by atoms with van der Waals surface area (Å²) in [5.41, 5.74) is 1.31. The zero-order chi connectivity index (χ0) is 19.6. The van der Waals surface area contributed by atoms with E-state index in [1.165, 1.54) is 0 Å². The van der Waals surface area contributed by atoms with Crippen LogP contribution in [-0.2, 0) is 21.3 Å². The summed E-state index contributed by atoms with van der Waals surface area (Å²) in [6.07, 6.45) is 4.84. The standard InChI is InChI=1S/C19H30N4O4/c1-14-16(12-20-22(14)4)18(25)23-8-6-19(7-9-23)11-15(5-10-27-19)26-13-17(24)21(2)3/h12,15H,5-11,13H2,1-4H3. The van der Waals surface area contributed by atoms with E-state index in [0.717, 1.165) is 31.4 Å². The van der Waals surface area contributed by atoms with Crippen molar-refractivity contribution < 1.29 is 19.1 Å². The number of piperidine rings is 1. The van der Waals surface area contributed by atoms with Crippen LogP contribution in [0.5, 0.6) is 0 Å². The van der Waals surface area contributed by atoms with Gasteiger partial charge >= 0.3 is 0 Å². The number of hydrogen-bond acceptors (Lipinski definition) is 5. The summed E-state index contributed by atoms with van der Waals surface area (Å²) in [6.45, 7) is 3.98. The molecule has 2 fully saturated rings. The Labute approximate surface area is 160 Å². The molecule has 0 N–H and O–H groups in total. The Hall–Kier alpha value is -1.93. The Morgan fingerprint density at radius 2 is 2.07 bits per heavy atom. The number of ether oxygens (including phenoxy) is 2. The average molecular weight is 378 g/mol. The monoisotopic (exact) mass is 378 g/mol. The Kier molecular flexibility index (Phi) is 5.86. The van der Waals surface area contributed by atoms with Gasteiger partial charge in [0, 0.05) is 53.0 Å². The van der Waals surface area contributed by atoms with Crippen molar-refractivity contribution in [3.8, 4) is 0 Å². The Morgan fingerprint density at radius 3 is 2.67 bits per heavy atom. The third kappa shape index (κ3) is 4.32. The molecule has 2 saturated heterocycles. The van der Waals surface area contributed by atoms with Gasteiger partial charge in [-0.15, -0.1) is 0 Å². The molecule has 0 aromatic carbocycles. The summed E-state index contributed by atoms with van der Waals surface area (Å²) in [4.78, 5) is 28.0. The zero-order valence-corrected chi connectivity index (χ0v) is 16.7. The van der Waals surface area contributed by atoms with Gasteiger partial charge in [-0.25, -0.2) is 0 Å². The second-order valence-corrected chi connectivity index (χ2v) is 7.80. The maximum atomic E-state index is 12.8. The second kappa shape index (κ2) is 7.98. The first-order chi connectivity index (χ1) is 12.8. The van der Waals surface area contributed by atoms with Gasteiger partial charge in [-0.3, -0.25) is 14.3 Å². The maximum absolute atomic E-state index is 12.8. The summed E-state index contributed by atoms with van der Waals surface area (Å²) in [7, 11) is 5.30. The number of likely N-dealkylation sites (N-methyl/N-ethyl adjacent to an activating group) is 1. The molecule has 1 atom stereocenters. The number of likely N-dealkylation sites (tertiary alicyclic amines) is 1. The van der Waals surface area contributed by atoms with Crippen LogP contribution >= 0.6 is 0 Å². The molecule has 0 radical (unpaired) electrons. The van der Waals surface area contributed by atoms with Gasteiger partial charge in [0.1, 0.15) is 6.61 Å². The summed E-state index contributed by atoms with van der Waals surface area (Å²) < 4.78 is 13.7. The molecule has 150 valence electrons. The van der Waals surface area contributed by atoms with Crippen LogP contribution in [-0.4, -0.2) is 83.5 Å². The van der Waals surface area contributed by atoms with E-state index in [9.17, 15) is 9.59 Å². The quantitative estimate of drug-likeness (QED) is 0.781. The van der Waals surface area contributed by atoms with Crippen molar-refractivity contribution in [1.82, 2.24) is 19.6 Å². The first-order valence-corrected chi connectivity index (χ1v) is 9.55. The molecule has 1 aromatic heterocycles. The van der Waals surface area contributed by atoms with Crippen molar-refractivity contribution in [2.24, 2.45) is 7.05 Å². The summed E-state index contributed by atoms with van der Waals surface area (Å²) in [5, 5.41) is 4.17. The van der Waals surface area contributed by atoms with E-state index in [4.69, 9.17) is 9.47 Å². The molecule has 8 heteroatoms. The fraction of sp³-hybridized carbons (Fsp3) is 0.737. The van der Waals surface area contributed by atoms with Gasteiger partial charge in [0.25, 0.3) is 5.91 Å². The lowest BCUT2D eigenvalue weighted by molar-refractivity contribution is -0.160. The molecule has 0 bridgehead atoms. The first-order valence-electron chi connectivity index (χ1n) is 9.55. The smallest absolute Gasteiger partial charge is 0.257 e. The van der Waals surface area contributed by atoms with E-state index in [2.05, 4.69) is 5.10 Å². The fourth-order valence-corrected chi connectivity index (χ4v) is 3.79. The highest BCUT2D eigenvalue weighted by Crippen LogP contribution is 2.36. The highest BCUT2D eigenvalue weighted by atomic mass is 16.5. The molecule has 0 saturated carbocycles. The number of nitrogens with zero attached hydrogens (tertiary/aromatic N) is 4. The molecule has 2 aliphatic heterocycles. The van der Waals surface area contributed by atoms with Crippen molar-refractivity contribution in [1.29, 1.82) is 0 Å². The predicted molar refractivity (Wildman–Crippen MR) is 99.4 cm³/mol. The van der Waals surface area contributed by atoms with E-state index in [1.807, 2.05) is 18.9 Å². The van der Waals surface area contributed by atoms with Crippen LogP contribution in [0.15, 0.2) is 6.20 Å². The molecule has 2 amide bonds. The van der Waals surface area contributed by atoms with Crippen LogP contribution in [0.25, 0.3) is 0 Å².